The summed E-state index contributed by atoms with van der Waals surface area (Å²) in [6.07, 6.45) is 2.23. The van der Waals surface area contributed by atoms with Crippen molar-refractivity contribution in [2.24, 2.45) is 0 Å². The Morgan fingerprint density at radius 1 is 1.50 bits per heavy atom. The van der Waals surface area contributed by atoms with E-state index in [1.165, 1.54) is 0 Å². The van der Waals surface area contributed by atoms with Crippen molar-refractivity contribution in [1.29, 1.82) is 0 Å². The minimum Gasteiger partial charge on any atom is -0.300 e. The van der Waals surface area contributed by atoms with Gasteiger partial charge in [0.2, 0.25) is 0 Å². The first-order chi connectivity index (χ1) is 4.45. The normalized spacial score (nSPS) is 11.6. The van der Waals surface area contributed by atoms with E-state index in [0.29, 0.717) is 18.6 Å². The van der Waals surface area contributed by atoms with Gasteiger partial charge in [-0.3, -0.25) is 4.79 Å². The van der Waals surface area contributed by atoms with Crippen LogP contribution in [0.4, 0.5) is 0 Å². The number of Topliss-reactive ketones (excluding diaryl/α,β-unsaturated/α-hetero) is 1. The van der Waals surface area contributed by atoms with Crippen LogP contribution in [0.1, 0.15) is 40.0 Å². The summed E-state index contributed by atoms with van der Waals surface area (Å²) in [4.78, 5) is 11.0. The molecule has 0 atom stereocenters. The predicted octanol–water partition coefficient (Wildman–Crippen LogP) is 2.45. The van der Waals surface area contributed by atoms with E-state index in [1.807, 2.05) is 20.8 Å². The highest BCUT2D eigenvalue weighted by Crippen LogP contribution is 2.18. The summed E-state index contributed by atoms with van der Waals surface area (Å²) in [7, 11) is 0. The Morgan fingerprint density at radius 3 is 2.30 bits per heavy atom. The van der Waals surface area contributed by atoms with Gasteiger partial charge in [-0.2, -0.15) is 12.6 Å². The number of thiol groups is 1. The molecule has 60 valence electrons. The SMILES string of the molecule is CCCC(=O)CC(C)(C)S. The average Bonchev–Trinajstić information content (AvgIpc) is 1.59. The zero-order chi connectivity index (χ0) is 8.20. The molecule has 0 aliphatic carbocycles. The number of carbonyl (C=O) groups excluding carboxylic acids is 1. The van der Waals surface area contributed by atoms with Gasteiger partial charge in [-0.15, -0.1) is 0 Å². The van der Waals surface area contributed by atoms with Crippen molar-refractivity contribution in [2.75, 3.05) is 0 Å². The summed E-state index contributed by atoms with van der Waals surface area (Å²) in [6.45, 7) is 5.94. The van der Waals surface area contributed by atoms with E-state index in [4.69, 9.17) is 0 Å². The maximum absolute atomic E-state index is 11.0. The maximum Gasteiger partial charge on any atom is 0.134 e. The highest BCUT2D eigenvalue weighted by Gasteiger charge is 2.15. The van der Waals surface area contributed by atoms with E-state index in [1.54, 1.807) is 0 Å². The van der Waals surface area contributed by atoms with E-state index < -0.39 is 0 Å². The lowest BCUT2D eigenvalue weighted by Crippen LogP contribution is -2.16. The highest BCUT2D eigenvalue weighted by molar-refractivity contribution is 7.81. The summed E-state index contributed by atoms with van der Waals surface area (Å²) in [6, 6.07) is 0. The summed E-state index contributed by atoms with van der Waals surface area (Å²) in [5, 5.41) is 0. The number of ketones is 1. The molecular formula is C8H16OS. The van der Waals surface area contributed by atoms with Gasteiger partial charge in [0.15, 0.2) is 0 Å². The Hall–Kier alpha value is 0.0200. The van der Waals surface area contributed by atoms with Gasteiger partial charge in [-0.05, 0) is 6.42 Å². The number of carbonyl (C=O) groups is 1. The van der Waals surface area contributed by atoms with E-state index in [0.717, 1.165) is 6.42 Å². The third-order valence-corrected chi connectivity index (χ3v) is 1.32. The quantitative estimate of drug-likeness (QED) is 0.625. The second kappa shape index (κ2) is 4.02. The lowest BCUT2D eigenvalue weighted by atomic mass is 10.0. The molecule has 0 heterocycles. The molecule has 2 heteroatoms. The van der Waals surface area contributed by atoms with E-state index in [-0.39, 0.29) is 4.75 Å². The maximum atomic E-state index is 11.0. The summed E-state index contributed by atoms with van der Waals surface area (Å²) in [5.74, 6) is 0.322. The van der Waals surface area contributed by atoms with Crippen molar-refractivity contribution in [1.82, 2.24) is 0 Å². The molecule has 0 aromatic heterocycles. The molecule has 0 radical (unpaired) electrons. The molecule has 0 spiro atoms. The lowest BCUT2D eigenvalue weighted by Gasteiger charge is -2.14. The van der Waals surface area contributed by atoms with Crippen LogP contribution in [-0.2, 0) is 4.79 Å². The van der Waals surface area contributed by atoms with Crippen LogP contribution in [0.2, 0.25) is 0 Å². The number of hydrogen-bond donors (Lipinski definition) is 1. The first-order valence-corrected chi connectivity index (χ1v) is 4.14. The van der Waals surface area contributed by atoms with Gasteiger partial charge in [-0.25, -0.2) is 0 Å². The molecule has 0 N–H and O–H groups in total. The Balaban J connectivity index is 3.58. The highest BCUT2D eigenvalue weighted by atomic mass is 32.1. The Morgan fingerprint density at radius 2 is 2.00 bits per heavy atom. The van der Waals surface area contributed by atoms with Crippen molar-refractivity contribution in [2.45, 2.75) is 44.8 Å². The average molecular weight is 160 g/mol. The van der Waals surface area contributed by atoms with E-state index >= 15 is 0 Å². The zero-order valence-electron chi connectivity index (χ0n) is 6.98. The molecule has 0 unspecified atom stereocenters. The number of hydrogen-bond acceptors (Lipinski definition) is 2. The Kier molecular flexibility index (Phi) is 4.02. The van der Waals surface area contributed by atoms with Crippen LogP contribution in [0.3, 0.4) is 0 Å². The Labute approximate surface area is 68.6 Å². The second-order valence-corrected chi connectivity index (χ2v) is 4.49. The first-order valence-electron chi connectivity index (χ1n) is 3.70. The van der Waals surface area contributed by atoms with Gasteiger partial charge in [-0.1, -0.05) is 20.8 Å². The fourth-order valence-corrected chi connectivity index (χ4v) is 1.03. The van der Waals surface area contributed by atoms with Crippen molar-refractivity contribution >= 4 is 18.4 Å². The summed E-state index contributed by atoms with van der Waals surface area (Å²) in [5.41, 5.74) is 0. The molecule has 0 fully saturated rings. The van der Waals surface area contributed by atoms with Crippen LogP contribution in [0.5, 0.6) is 0 Å². The van der Waals surface area contributed by atoms with Crippen molar-refractivity contribution in [3.63, 3.8) is 0 Å². The predicted molar refractivity (Wildman–Crippen MR) is 47.6 cm³/mol. The topological polar surface area (TPSA) is 17.1 Å². The van der Waals surface area contributed by atoms with Crippen LogP contribution in [0, 0.1) is 0 Å². The van der Waals surface area contributed by atoms with E-state index in [9.17, 15) is 4.79 Å². The molecule has 0 aliphatic rings. The molecule has 0 rings (SSSR count). The molecular weight excluding hydrogens is 144 g/mol. The number of rotatable bonds is 4. The largest absolute Gasteiger partial charge is 0.300 e. The monoisotopic (exact) mass is 160 g/mol. The standard InChI is InChI=1S/C8H16OS/c1-4-5-7(9)6-8(2,3)10/h10H,4-6H2,1-3H3. The lowest BCUT2D eigenvalue weighted by molar-refractivity contribution is -0.119. The third kappa shape index (κ3) is 6.14. The first kappa shape index (κ1) is 10.0. The fourth-order valence-electron chi connectivity index (χ4n) is 0.850. The minimum absolute atomic E-state index is 0.133. The zero-order valence-corrected chi connectivity index (χ0v) is 7.87. The molecule has 0 amide bonds. The van der Waals surface area contributed by atoms with Crippen molar-refractivity contribution in [3.05, 3.63) is 0 Å². The Bertz CT molecular complexity index is 113. The molecule has 0 saturated heterocycles. The molecule has 0 saturated carbocycles. The van der Waals surface area contributed by atoms with Gasteiger partial charge in [0.25, 0.3) is 0 Å². The van der Waals surface area contributed by atoms with Crippen LogP contribution < -0.4 is 0 Å². The van der Waals surface area contributed by atoms with Crippen LogP contribution >= 0.6 is 12.6 Å². The molecule has 10 heavy (non-hydrogen) atoms. The van der Waals surface area contributed by atoms with E-state index in [2.05, 4.69) is 12.6 Å². The summed E-state index contributed by atoms with van der Waals surface area (Å²) >= 11 is 4.27. The van der Waals surface area contributed by atoms with Crippen molar-refractivity contribution < 1.29 is 4.79 Å². The van der Waals surface area contributed by atoms with Crippen molar-refractivity contribution in [3.8, 4) is 0 Å². The molecule has 0 bridgehead atoms. The van der Waals surface area contributed by atoms with Gasteiger partial charge in [0, 0.05) is 17.6 Å². The van der Waals surface area contributed by atoms with Crippen LogP contribution in [0.25, 0.3) is 0 Å². The second-order valence-electron chi connectivity index (χ2n) is 3.28. The van der Waals surface area contributed by atoms with Gasteiger partial charge >= 0.3 is 0 Å². The molecule has 0 aromatic rings. The molecule has 0 aromatic carbocycles. The van der Waals surface area contributed by atoms with Gasteiger partial charge < -0.3 is 0 Å². The van der Waals surface area contributed by atoms with Crippen LogP contribution in [0.15, 0.2) is 0 Å². The minimum atomic E-state index is -0.133. The molecule has 0 aliphatic heterocycles. The smallest absolute Gasteiger partial charge is 0.134 e. The fraction of sp³-hybridized carbons (Fsp3) is 0.875. The summed E-state index contributed by atoms with van der Waals surface area (Å²) < 4.78 is -0.133. The third-order valence-electron chi connectivity index (χ3n) is 1.16. The van der Waals surface area contributed by atoms with Gasteiger partial charge in [0.1, 0.15) is 5.78 Å². The molecule has 1 nitrogen and oxygen atoms in total. The van der Waals surface area contributed by atoms with Gasteiger partial charge in [0.05, 0.1) is 0 Å². The van der Waals surface area contributed by atoms with Crippen LogP contribution in [-0.4, -0.2) is 10.5 Å².